The van der Waals surface area contributed by atoms with Gasteiger partial charge in [-0.2, -0.15) is 0 Å². The summed E-state index contributed by atoms with van der Waals surface area (Å²) in [6.45, 7) is 6.92. The molecule has 0 aromatic rings. The van der Waals surface area contributed by atoms with Gasteiger partial charge < -0.3 is 19.7 Å². The third kappa shape index (κ3) is 6.14. The summed E-state index contributed by atoms with van der Waals surface area (Å²) < 4.78 is 11.0. The minimum Gasteiger partial charge on any atom is -0.381 e. The number of rotatable bonds is 9. The zero-order valence-corrected chi connectivity index (χ0v) is 11.7. The molecular formula is C14H28N2O2. The third-order valence-electron chi connectivity index (χ3n) is 3.82. The lowest BCUT2D eigenvalue weighted by molar-refractivity contribution is 0.0764. The predicted molar refractivity (Wildman–Crippen MR) is 72.9 cm³/mol. The lowest BCUT2D eigenvalue weighted by atomic mass is 10.1. The van der Waals surface area contributed by atoms with E-state index in [9.17, 15) is 0 Å². The smallest absolute Gasteiger partial charge is 0.0593 e. The molecular weight excluding hydrogens is 228 g/mol. The van der Waals surface area contributed by atoms with Crippen molar-refractivity contribution in [1.29, 1.82) is 0 Å². The maximum absolute atomic E-state index is 5.65. The predicted octanol–water partition coefficient (Wildman–Crippen LogP) is 1.11. The fourth-order valence-electron chi connectivity index (χ4n) is 2.23. The van der Waals surface area contributed by atoms with Crippen molar-refractivity contribution in [3.63, 3.8) is 0 Å². The molecule has 1 aliphatic carbocycles. The molecule has 0 amide bonds. The molecule has 1 N–H and O–H groups in total. The van der Waals surface area contributed by atoms with E-state index in [4.69, 9.17) is 9.47 Å². The molecule has 0 spiro atoms. The molecule has 1 saturated carbocycles. The van der Waals surface area contributed by atoms with Gasteiger partial charge in [-0.1, -0.05) is 0 Å². The highest BCUT2D eigenvalue weighted by Gasteiger charge is 2.20. The number of nitrogens with one attached hydrogen (secondary N) is 1. The molecule has 0 aromatic carbocycles. The van der Waals surface area contributed by atoms with Crippen molar-refractivity contribution in [2.45, 2.75) is 31.7 Å². The highest BCUT2D eigenvalue weighted by atomic mass is 16.5. The second-order valence-electron chi connectivity index (χ2n) is 5.66. The molecule has 2 fully saturated rings. The zero-order chi connectivity index (χ0) is 12.6. The normalized spacial score (nSPS) is 21.7. The van der Waals surface area contributed by atoms with Gasteiger partial charge >= 0.3 is 0 Å². The molecule has 0 unspecified atom stereocenters. The Kier molecular flexibility index (Phi) is 6.41. The lowest BCUT2D eigenvalue weighted by Crippen LogP contribution is -2.39. The van der Waals surface area contributed by atoms with Gasteiger partial charge in [0.1, 0.15) is 0 Å². The average molecular weight is 256 g/mol. The van der Waals surface area contributed by atoms with Crippen molar-refractivity contribution in [1.82, 2.24) is 10.2 Å². The van der Waals surface area contributed by atoms with E-state index < -0.39 is 0 Å². The highest BCUT2D eigenvalue weighted by molar-refractivity contribution is 4.72. The second-order valence-corrected chi connectivity index (χ2v) is 5.66. The quantitative estimate of drug-likeness (QED) is 0.627. The van der Waals surface area contributed by atoms with Crippen molar-refractivity contribution < 1.29 is 9.47 Å². The van der Waals surface area contributed by atoms with Crippen LogP contribution in [0.5, 0.6) is 0 Å². The summed E-state index contributed by atoms with van der Waals surface area (Å²) in [4.78, 5) is 2.35. The molecule has 1 saturated heterocycles. The van der Waals surface area contributed by atoms with Gasteiger partial charge in [0.25, 0.3) is 0 Å². The molecule has 2 rings (SSSR count). The van der Waals surface area contributed by atoms with Crippen LogP contribution in [0.25, 0.3) is 0 Å². The van der Waals surface area contributed by atoms with Crippen molar-refractivity contribution in [3.05, 3.63) is 0 Å². The SMILES string of the molecule is CN(CCNC1CCOCC1)CCOCC1CC1. The van der Waals surface area contributed by atoms with E-state index in [1.54, 1.807) is 0 Å². The van der Waals surface area contributed by atoms with Crippen LogP contribution in [-0.4, -0.2) is 64.1 Å². The number of hydrogen-bond acceptors (Lipinski definition) is 4. The minimum absolute atomic E-state index is 0.665. The Labute approximate surface area is 111 Å². The summed E-state index contributed by atoms with van der Waals surface area (Å²) in [6, 6.07) is 0.665. The van der Waals surface area contributed by atoms with E-state index in [0.29, 0.717) is 6.04 Å². The maximum atomic E-state index is 5.65. The largest absolute Gasteiger partial charge is 0.381 e. The number of ether oxygens (including phenoxy) is 2. The molecule has 18 heavy (non-hydrogen) atoms. The molecule has 1 heterocycles. The Morgan fingerprint density at radius 1 is 1.17 bits per heavy atom. The topological polar surface area (TPSA) is 33.7 Å². The lowest BCUT2D eigenvalue weighted by Gasteiger charge is -2.24. The first-order chi connectivity index (χ1) is 8.84. The number of likely N-dealkylation sites (N-methyl/N-ethyl adjacent to an activating group) is 1. The van der Waals surface area contributed by atoms with Crippen molar-refractivity contribution in [2.24, 2.45) is 5.92 Å². The molecule has 0 aromatic heterocycles. The van der Waals surface area contributed by atoms with Gasteiger partial charge in [-0.3, -0.25) is 0 Å². The van der Waals surface area contributed by atoms with Crippen LogP contribution in [0.3, 0.4) is 0 Å². The highest BCUT2D eigenvalue weighted by Crippen LogP contribution is 2.28. The Bertz CT molecular complexity index is 216. The van der Waals surface area contributed by atoms with Gasteiger partial charge in [0, 0.05) is 45.5 Å². The fraction of sp³-hybridized carbons (Fsp3) is 1.00. The third-order valence-corrected chi connectivity index (χ3v) is 3.82. The first kappa shape index (κ1) is 14.3. The van der Waals surface area contributed by atoms with Gasteiger partial charge in [0.15, 0.2) is 0 Å². The first-order valence-electron chi connectivity index (χ1n) is 7.42. The van der Waals surface area contributed by atoms with Crippen molar-refractivity contribution in [3.8, 4) is 0 Å². The molecule has 1 aliphatic heterocycles. The van der Waals surface area contributed by atoms with Crippen LogP contribution in [0.15, 0.2) is 0 Å². The van der Waals surface area contributed by atoms with Gasteiger partial charge in [-0.25, -0.2) is 0 Å². The summed E-state index contributed by atoms with van der Waals surface area (Å²) in [6.07, 6.45) is 5.08. The summed E-state index contributed by atoms with van der Waals surface area (Å²) >= 11 is 0. The summed E-state index contributed by atoms with van der Waals surface area (Å²) in [5, 5.41) is 3.61. The molecule has 0 radical (unpaired) electrons. The monoisotopic (exact) mass is 256 g/mol. The molecule has 4 nitrogen and oxygen atoms in total. The number of nitrogens with zero attached hydrogens (tertiary/aromatic N) is 1. The van der Waals surface area contributed by atoms with Gasteiger partial charge in [0.05, 0.1) is 6.61 Å². The summed E-state index contributed by atoms with van der Waals surface area (Å²) in [7, 11) is 2.17. The Morgan fingerprint density at radius 3 is 2.67 bits per heavy atom. The van der Waals surface area contributed by atoms with Crippen LogP contribution in [0, 0.1) is 5.92 Å². The van der Waals surface area contributed by atoms with E-state index >= 15 is 0 Å². The van der Waals surface area contributed by atoms with Crippen LogP contribution >= 0.6 is 0 Å². The molecule has 106 valence electrons. The summed E-state index contributed by atoms with van der Waals surface area (Å²) in [5.74, 6) is 0.880. The van der Waals surface area contributed by atoms with Crippen LogP contribution in [0.1, 0.15) is 25.7 Å². The summed E-state index contributed by atoms with van der Waals surface area (Å²) in [5.41, 5.74) is 0. The van der Waals surface area contributed by atoms with Gasteiger partial charge in [-0.15, -0.1) is 0 Å². The standard InChI is InChI=1S/C14H28N2O2/c1-16(8-11-18-12-13-2-3-13)7-6-15-14-4-9-17-10-5-14/h13-15H,2-12H2,1H3. The van der Waals surface area contributed by atoms with Gasteiger partial charge in [0.2, 0.25) is 0 Å². The number of hydrogen-bond donors (Lipinski definition) is 1. The van der Waals surface area contributed by atoms with Crippen LogP contribution in [0.4, 0.5) is 0 Å². The minimum atomic E-state index is 0.665. The fourth-order valence-corrected chi connectivity index (χ4v) is 2.23. The Balaban J connectivity index is 1.39. The second kappa shape index (κ2) is 8.10. The average Bonchev–Trinajstić information content (AvgIpc) is 3.20. The van der Waals surface area contributed by atoms with Gasteiger partial charge in [-0.05, 0) is 38.6 Å². The van der Waals surface area contributed by atoms with Crippen LogP contribution in [0.2, 0.25) is 0 Å². The van der Waals surface area contributed by atoms with E-state index in [1.165, 1.54) is 12.8 Å². The van der Waals surface area contributed by atoms with E-state index in [2.05, 4.69) is 17.3 Å². The molecule has 4 heteroatoms. The van der Waals surface area contributed by atoms with Crippen molar-refractivity contribution in [2.75, 3.05) is 53.1 Å². The van der Waals surface area contributed by atoms with Crippen LogP contribution < -0.4 is 5.32 Å². The molecule has 0 bridgehead atoms. The first-order valence-corrected chi connectivity index (χ1v) is 7.42. The van der Waals surface area contributed by atoms with Crippen LogP contribution in [-0.2, 0) is 9.47 Å². The van der Waals surface area contributed by atoms with Crippen molar-refractivity contribution >= 4 is 0 Å². The van der Waals surface area contributed by atoms with E-state index in [0.717, 1.165) is 64.8 Å². The molecule has 0 atom stereocenters. The Hall–Kier alpha value is -0.160. The van der Waals surface area contributed by atoms with E-state index in [1.807, 2.05) is 0 Å². The maximum Gasteiger partial charge on any atom is 0.0593 e. The zero-order valence-electron chi connectivity index (χ0n) is 11.7. The van der Waals surface area contributed by atoms with E-state index in [-0.39, 0.29) is 0 Å². The molecule has 2 aliphatic rings. The Morgan fingerprint density at radius 2 is 1.94 bits per heavy atom.